The molecule has 0 saturated heterocycles. The Morgan fingerprint density at radius 2 is 1.93 bits per heavy atom. The summed E-state index contributed by atoms with van der Waals surface area (Å²) in [5, 5.41) is 0. The lowest BCUT2D eigenvalue weighted by Crippen LogP contribution is -2.03. The molecule has 0 fully saturated rings. The molecule has 0 aliphatic carbocycles. The molecule has 1 unspecified atom stereocenters. The first kappa shape index (κ1) is 10.2. The van der Waals surface area contributed by atoms with Gasteiger partial charge in [-0.15, -0.1) is 0 Å². The summed E-state index contributed by atoms with van der Waals surface area (Å²) in [5.41, 5.74) is 3.50. The van der Waals surface area contributed by atoms with Crippen molar-refractivity contribution in [2.75, 3.05) is 0 Å². The topological polar surface area (TPSA) is 28.7 Å². The molecule has 80 valence electrons. The Bertz CT molecular complexity index is 468. The van der Waals surface area contributed by atoms with Gasteiger partial charge in [-0.05, 0) is 24.5 Å². The lowest BCUT2D eigenvalue weighted by Gasteiger charge is -2.11. The van der Waals surface area contributed by atoms with Crippen molar-refractivity contribution >= 4 is 11.0 Å². The number of hydrogen-bond acceptors (Lipinski definition) is 1. The van der Waals surface area contributed by atoms with Gasteiger partial charge in [0.25, 0.3) is 0 Å². The van der Waals surface area contributed by atoms with E-state index in [9.17, 15) is 0 Å². The summed E-state index contributed by atoms with van der Waals surface area (Å²) in [7, 11) is 0. The minimum Gasteiger partial charge on any atom is -0.342 e. The molecule has 0 aliphatic rings. The Kier molecular flexibility index (Phi) is 2.51. The monoisotopic (exact) mass is 202 g/mol. The normalized spacial score (nSPS) is 13.7. The summed E-state index contributed by atoms with van der Waals surface area (Å²) in [6.45, 7) is 8.78. The lowest BCUT2D eigenvalue weighted by atomic mass is 9.98. The average molecular weight is 202 g/mol. The minimum atomic E-state index is 0.483. The number of imidazole rings is 1. The first-order valence-electron chi connectivity index (χ1n) is 5.55. The van der Waals surface area contributed by atoms with Crippen molar-refractivity contribution in [3.8, 4) is 0 Å². The van der Waals surface area contributed by atoms with Gasteiger partial charge in [0.05, 0.1) is 11.0 Å². The molecular weight excluding hydrogens is 184 g/mol. The molecule has 0 amide bonds. The van der Waals surface area contributed by atoms with Gasteiger partial charge in [-0.2, -0.15) is 0 Å². The molecule has 2 aromatic rings. The fraction of sp³-hybridized carbons (Fsp3) is 0.462. The third-order valence-electron chi connectivity index (χ3n) is 3.16. The number of benzene rings is 1. The zero-order valence-corrected chi connectivity index (χ0v) is 9.83. The maximum Gasteiger partial charge on any atom is 0.110 e. The van der Waals surface area contributed by atoms with Crippen molar-refractivity contribution < 1.29 is 0 Å². The van der Waals surface area contributed by atoms with Crippen molar-refractivity contribution in [1.29, 1.82) is 0 Å². The van der Waals surface area contributed by atoms with E-state index in [0.29, 0.717) is 11.8 Å². The Balaban J connectivity index is 2.52. The third-order valence-corrected chi connectivity index (χ3v) is 3.16. The van der Waals surface area contributed by atoms with Gasteiger partial charge >= 0.3 is 0 Å². The van der Waals surface area contributed by atoms with Crippen LogP contribution in [-0.2, 0) is 0 Å². The molecule has 1 N–H and O–H groups in total. The summed E-state index contributed by atoms with van der Waals surface area (Å²) in [6.07, 6.45) is 0. The van der Waals surface area contributed by atoms with E-state index in [1.807, 2.05) is 0 Å². The number of aryl methyl sites for hydroxylation is 1. The number of hydrogen-bond donors (Lipinski definition) is 1. The van der Waals surface area contributed by atoms with Crippen molar-refractivity contribution in [2.45, 2.75) is 33.6 Å². The van der Waals surface area contributed by atoms with E-state index in [1.54, 1.807) is 0 Å². The molecule has 2 rings (SSSR count). The van der Waals surface area contributed by atoms with Gasteiger partial charge in [0.2, 0.25) is 0 Å². The maximum absolute atomic E-state index is 4.68. The van der Waals surface area contributed by atoms with Crippen molar-refractivity contribution in [3.63, 3.8) is 0 Å². The molecular formula is C13H18N2. The van der Waals surface area contributed by atoms with Crippen LogP contribution in [0.4, 0.5) is 0 Å². The second-order valence-corrected chi connectivity index (χ2v) is 4.63. The Labute approximate surface area is 90.7 Å². The van der Waals surface area contributed by atoms with E-state index < -0.39 is 0 Å². The van der Waals surface area contributed by atoms with Crippen LogP contribution in [0.25, 0.3) is 11.0 Å². The van der Waals surface area contributed by atoms with Crippen LogP contribution in [0, 0.1) is 12.8 Å². The number of H-pyrrole nitrogens is 1. The van der Waals surface area contributed by atoms with Gasteiger partial charge < -0.3 is 4.98 Å². The van der Waals surface area contributed by atoms with Crippen LogP contribution < -0.4 is 0 Å². The van der Waals surface area contributed by atoms with Crippen LogP contribution in [0.2, 0.25) is 0 Å². The second kappa shape index (κ2) is 3.69. The second-order valence-electron chi connectivity index (χ2n) is 4.63. The molecule has 0 saturated carbocycles. The fourth-order valence-electron chi connectivity index (χ4n) is 1.73. The largest absolute Gasteiger partial charge is 0.342 e. The standard InChI is InChI=1S/C13H18N2/c1-8(2)10(4)13-14-11-7-5-6-9(3)12(11)15-13/h5-8,10H,1-4H3,(H,14,15). The molecule has 0 aliphatic heterocycles. The Hall–Kier alpha value is -1.31. The molecule has 0 spiro atoms. The summed E-state index contributed by atoms with van der Waals surface area (Å²) in [6, 6.07) is 6.26. The molecule has 2 nitrogen and oxygen atoms in total. The van der Waals surface area contributed by atoms with Gasteiger partial charge in [-0.25, -0.2) is 4.98 Å². The molecule has 0 radical (unpaired) electrons. The van der Waals surface area contributed by atoms with E-state index >= 15 is 0 Å². The van der Waals surface area contributed by atoms with E-state index in [1.165, 1.54) is 5.56 Å². The molecule has 1 heterocycles. The highest BCUT2D eigenvalue weighted by atomic mass is 14.9. The Morgan fingerprint density at radius 3 is 2.53 bits per heavy atom. The summed E-state index contributed by atoms with van der Waals surface area (Å²) in [4.78, 5) is 8.08. The number of nitrogens with one attached hydrogen (secondary N) is 1. The number of nitrogens with zero attached hydrogens (tertiary/aromatic N) is 1. The zero-order chi connectivity index (χ0) is 11.0. The van der Waals surface area contributed by atoms with Gasteiger partial charge in [0.15, 0.2) is 0 Å². The van der Waals surface area contributed by atoms with Crippen LogP contribution in [0.15, 0.2) is 18.2 Å². The first-order chi connectivity index (χ1) is 7.09. The minimum absolute atomic E-state index is 0.483. The van der Waals surface area contributed by atoms with Gasteiger partial charge in [0.1, 0.15) is 5.82 Å². The van der Waals surface area contributed by atoms with Crippen LogP contribution in [0.1, 0.15) is 38.1 Å². The number of aromatic nitrogens is 2. The van der Waals surface area contributed by atoms with E-state index in [0.717, 1.165) is 16.9 Å². The summed E-state index contributed by atoms with van der Waals surface area (Å²) in [5.74, 6) is 2.21. The molecule has 1 atom stereocenters. The fourth-order valence-corrected chi connectivity index (χ4v) is 1.73. The highest BCUT2D eigenvalue weighted by Gasteiger charge is 2.14. The number of fused-ring (bicyclic) bond motifs is 1. The van der Waals surface area contributed by atoms with Gasteiger partial charge in [-0.1, -0.05) is 32.9 Å². The van der Waals surface area contributed by atoms with Crippen LogP contribution in [0.5, 0.6) is 0 Å². The maximum atomic E-state index is 4.68. The van der Waals surface area contributed by atoms with E-state index in [4.69, 9.17) is 0 Å². The summed E-state index contributed by atoms with van der Waals surface area (Å²) >= 11 is 0. The van der Waals surface area contributed by atoms with Crippen LogP contribution >= 0.6 is 0 Å². The predicted octanol–water partition coefficient (Wildman–Crippen LogP) is 3.63. The SMILES string of the molecule is Cc1cccc2[nH]c(C(C)C(C)C)nc12. The third kappa shape index (κ3) is 1.76. The van der Waals surface area contributed by atoms with Gasteiger partial charge in [0, 0.05) is 5.92 Å². The van der Waals surface area contributed by atoms with Crippen molar-refractivity contribution in [2.24, 2.45) is 5.92 Å². The number of rotatable bonds is 2. The quantitative estimate of drug-likeness (QED) is 0.791. The molecule has 15 heavy (non-hydrogen) atoms. The van der Waals surface area contributed by atoms with Crippen molar-refractivity contribution in [3.05, 3.63) is 29.6 Å². The van der Waals surface area contributed by atoms with Crippen LogP contribution in [-0.4, -0.2) is 9.97 Å². The smallest absolute Gasteiger partial charge is 0.110 e. The van der Waals surface area contributed by atoms with Gasteiger partial charge in [-0.3, -0.25) is 0 Å². The van der Waals surface area contributed by atoms with E-state index in [2.05, 4.69) is 55.9 Å². The Morgan fingerprint density at radius 1 is 1.20 bits per heavy atom. The summed E-state index contributed by atoms with van der Waals surface area (Å²) < 4.78 is 0. The molecule has 2 heteroatoms. The average Bonchev–Trinajstić information content (AvgIpc) is 2.61. The highest BCUT2D eigenvalue weighted by Crippen LogP contribution is 2.24. The lowest BCUT2D eigenvalue weighted by molar-refractivity contribution is 0.515. The predicted molar refractivity (Wildman–Crippen MR) is 64.1 cm³/mol. The highest BCUT2D eigenvalue weighted by molar-refractivity contribution is 5.78. The number of para-hydroxylation sites is 1. The molecule has 1 aromatic carbocycles. The van der Waals surface area contributed by atoms with Crippen LogP contribution in [0.3, 0.4) is 0 Å². The van der Waals surface area contributed by atoms with Crippen molar-refractivity contribution in [1.82, 2.24) is 9.97 Å². The zero-order valence-electron chi connectivity index (χ0n) is 9.83. The number of aromatic amines is 1. The first-order valence-corrected chi connectivity index (χ1v) is 5.55. The molecule has 1 aromatic heterocycles. The molecule has 0 bridgehead atoms. The van der Waals surface area contributed by atoms with E-state index in [-0.39, 0.29) is 0 Å².